The minimum atomic E-state index is -4.53. The summed E-state index contributed by atoms with van der Waals surface area (Å²) in [6, 6.07) is 12.4. The fraction of sp³-hybridized carbons (Fsp3) is 0.583. The number of nitrogens with one attached hydrogen (secondary N) is 1. The Bertz CT molecular complexity index is 1450. The highest BCUT2D eigenvalue weighted by atomic mass is 19.4. The number of carbonyl (C=O) groups is 3. The molecule has 0 spiro atoms. The predicted octanol–water partition coefficient (Wildman–Crippen LogP) is 5.89. The molecule has 3 saturated heterocycles. The number of piperidine rings is 3. The molecule has 0 radical (unpaired) electrons. The molecule has 48 heavy (non-hydrogen) atoms. The average Bonchev–Trinajstić information content (AvgIpc) is 3.26. The molecule has 0 aliphatic carbocycles. The maximum absolute atomic E-state index is 13.9. The Morgan fingerprint density at radius 2 is 1.50 bits per heavy atom. The molecule has 12 heteroatoms. The van der Waals surface area contributed by atoms with Gasteiger partial charge >= 0.3 is 18.3 Å². The fourth-order valence-electron chi connectivity index (χ4n) is 7.86. The molecule has 1 atom stereocenters. The maximum atomic E-state index is 13.9. The number of halogens is 3. The average molecular weight is 670 g/mol. The third kappa shape index (κ3) is 8.07. The van der Waals surface area contributed by atoms with Gasteiger partial charge in [0.2, 0.25) is 0 Å². The van der Waals surface area contributed by atoms with Gasteiger partial charge in [-0.3, -0.25) is 4.79 Å². The number of anilines is 1. The highest BCUT2D eigenvalue weighted by molar-refractivity contribution is 5.91. The monoisotopic (exact) mass is 669 g/mol. The summed E-state index contributed by atoms with van der Waals surface area (Å²) in [6.07, 6.45) is -0.707. The number of rotatable bonds is 6. The van der Waals surface area contributed by atoms with E-state index in [2.05, 4.69) is 17.3 Å². The van der Waals surface area contributed by atoms with Gasteiger partial charge in [-0.25, -0.2) is 9.59 Å². The van der Waals surface area contributed by atoms with E-state index in [9.17, 15) is 27.6 Å². The summed E-state index contributed by atoms with van der Waals surface area (Å²) >= 11 is 0. The first kappa shape index (κ1) is 34.1. The molecule has 4 amide bonds. The Morgan fingerprint density at radius 1 is 0.854 bits per heavy atom. The van der Waals surface area contributed by atoms with Crippen LogP contribution in [-0.4, -0.2) is 103 Å². The Labute approximate surface area is 280 Å². The summed E-state index contributed by atoms with van der Waals surface area (Å²) in [5.74, 6) is 0.808. The second kappa shape index (κ2) is 14.8. The lowest BCUT2D eigenvalue weighted by molar-refractivity contribution is -0.142. The van der Waals surface area contributed by atoms with Crippen molar-refractivity contribution in [2.45, 2.75) is 69.7 Å². The molecule has 0 saturated carbocycles. The summed E-state index contributed by atoms with van der Waals surface area (Å²) in [4.78, 5) is 47.9. The van der Waals surface area contributed by atoms with E-state index in [0.717, 1.165) is 68.6 Å². The first-order valence-corrected chi connectivity index (χ1v) is 17.3. The van der Waals surface area contributed by atoms with Crippen LogP contribution in [0, 0.1) is 11.8 Å². The van der Waals surface area contributed by atoms with Gasteiger partial charge in [0.1, 0.15) is 0 Å². The molecule has 0 bridgehead atoms. The van der Waals surface area contributed by atoms with Gasteiger partial charge in [0.25, 0.3) is 5.91 Å². The lowest BCUT2D eigenvalue weighted by atomic mass is 9.79. The number of alkyl halides is 3. The minimum absolute atomic E-state index is 0.0586. The van der Waals surface area contributed by atoms with Crippen molar-refractivity contribution in [2.75, 3.05) is 58.2 Å². The van der Waals surface area contributed by atoms with Crippen molar-refractivity contribution < 1.29 is 32.3 Å². The molecule has 4 aliphatic rings. The van der Waals surface area contributed by atoms with Gasteiger partial charge in [-0.05, 0) is 100 Å². The summed E-state index contributed by atoms with van der Waals surface area (Å²) in [6.45, 7) is 4.49. The Kier molecular flexibility index (Phi) is 10.5. The van der Waals surface area contributed by atoms with Crippen molar-refractivity contribution in [3.8, 4) is 0 Å². The lowest BCUT2D eigenvalue weighted by Crippen LogP contribution is -2.52. The fourth-order valence-corrected chi connectivity index (χ4v) is 7.86. The molecule has 4 heterocycles. The van der Waals surface area contributed by atoms with Crippen molar-refractivity contribution in [3.05, 3.63) is 65.2 Å². The standard InChI is InChI=1S/C36H46F3N5O4/c1-41-16-9-26(10-17-41)27-11-18-42(19-12-27)33(45)32(24-25-5-4-7-29(23-25)36(37,38)39)48-35(47)43-20-14-30(15-21-43)44-22-13-28-6-2-3-8-31(28)40-34(44)46/h2-8,23,26-27,30,32H,9-22,24H2,1H3,(H,40,46)/t32-/m1/s1. The van der Waals surface area contributed by atoms with Gasteiger partial charge in [-0.2, -0.15) is 13.2 Å². The van der Waals surface area contributed by atoms with Crippen LogP contribution in [0.25, 0.3) is 0 Å². The number of fused-ring (bicyclic) bond motifs is 1. The van der Waals surface area contributed by atoms with E-state index in [1.807, 2.05) is 29.2 Å². The summed E-state index contributed by atoms with van der Waals surface area (Å²) in [7, 11) is 2.14. The number of benzene rings is 2. The first-order chi connectivity index (χ1) is 23.0. The van der Waals surface area contributed by atoms with E-state index in [4.69, 9.17) is 4.74 Å². The van der Waals surface area contributed by atoms with Crippen LogP contribution in [0.15, 0.2) is 48.5 Å². The van der Waals surface area contributed by atoms with Crippen LogP contribution in [0.3, 0.4) is 0 Å². The first-order valence-electron chi connectivity index (χ1n) is 17.3. The van der Waals surface area contributed by atoms with Gasteiger partial charge in [0, 0.05) is 50.9 Å². The van der Waals surface area contributed by atoms with E-state index in [0.29, 0.717) is 57.4 Å². The van der Waals surface area contributed by atoms with E-state index >= 15 is 0 Å². The highest BCUT2D eigenvalue weighted by Crippen LogP contribution is 2.33. The zero-order chi connectivity index (χ0) is 33.8. The van der Waals surface area contributed by atoms with Gasteiger partial charge in [0.05, 0.1) is 5.56 Å². The van der Waals surface area contributed by atoms with Crippen LogP contribution >= 0.6 is 0 Å². The number of hydrogen-bond acceptors (Lipinski definition) is 5. The van der Waals surface area contributed by atoms with E-state index < -0.39 is 23.9 Å². The summed E-state index contributed by atoms with van der Waals surface area (Å²) in [5.41, 5.74) is 1.37. The normalized spacial score (nSPS) is 21.3. The Hall–Kier alpha value is -3.80. The number of amides is 4. The smallest absolute Gasteiger partial charge is 0.416 e. The quantitative estimate of drug-likeness (QED) is 0.415. The van der Waals surface area contributed by atoms with Gasteiger partial charge < -0.3 is 29.7 Å². The predicted molar refractivity (Wildman–Crippen MR) is 175 cm³/mol. The second-order valence-corrected chi connectivity index (χ2v) is 13.8. The molecule has 4 aliphatic heterocycles. The summed E-state index contributed by atoms with van der Waals surface area (Å²) < 4.78 is 46.4. The molecular formula is C36H46F3N5O4. The van der Waals surface area contributed by atoms with E-state index in [-0.39, 0.29) is 30.0 Å². The molecule has 0 unspecified atom stereocenters. The molecule has 1 N–H and O–H groups in total. The van der Waals surface area contributed by atoms with Crippen molar-refractivity contribution in [1.29, 1.82) is 0 Å². The SMILES string of the molecule is CN1CCC(C2CCN(C(=O)[C@@H](Cc3cccc(C(F)(F)F)c3)OC(=O)N3CCC(N4CCc5ccccc5NC4=O)CC3)CC2)CC1. The second-order valence-electron chi connectivity index (χ2n) is 13.8. The molecule has 9 nitrogen and oxygen atoms in total. The Balaban J connectivity index is 1.09. The molecule has 3 fully saturated rings. The number of nitrogens with zero attached hydrogens (tertiary/aromatic N) is 4. The molecule has 2 aromatic carbocycles. The molecular weight excluding hydrogens is 623 g/mol. The van der Waals surface area contributed by atoms with Gasteiger partial charge in [0.15, 0.2) is 6.10 Å². The van der Waals surface area contributed by atoms with Crippen LogP contribution in [0.4, 0.5) is 28.4 Å². The Morgan fingerprint density at radius 3 is 2.19 bits per heavy atom. The zero-order valence-corrected chi connectivity index (χ0v) is 27.6. The van der Waals surface area contributed by atoms with Crippen LogP contribution in [0.5, 0.6) is 0 Å². The molecule has 0 aromatic heterocycles. The van der Waals surface area contributed by atoms with Crippen molar-refractivity contribution in [1.82, 2.24) is 19.6 Å². The molecule has 260 valence electrons. The van der Waals surface area contributed by atoms with Crippen molar-refractivity contribution in [2.24, 2.45) is 11.8 Å². The number of likely N-dealkylation sites (tertiary alicyclic amines) is 3. The van der Waals surface area contributed by atoms with Gasteiger partial charge in [-0.15, -0.1) is 0 Å². The molecule has 6 rings (SSSR count). The number of ether oxygens (including phenoxy) is 1. The number of carbonyl (C=O) groups excluding carboxylic acids is 3. The van der Waals surface area contributed by atoms with Crippen LogP contribution in [-0.2, 0) is 28.5 Å². The van der Waals surface area contributed by atoms with Crippen LogP contribution in [0.2, 0.25) is 0 Å². The molecule has 2 aromatic rings. The van der Waals surface area contributed by atoms with Crippen molar-refractivity contribution in [3.63, 3.8) is 0 Å². The van der Waals surface area contributed by atoms with Crippen LogP contribution in [0.1, 0.15) is 55.2 Å². The topological polar surface area (TPSA) is 85.4 Å². The van der Waals surface area contributed by atoms with E-state index in [1.54, 1.807) is 9.80 Å². The lowest BCUT2D eigenvalue weighted by Gasteiger charge is -2.40. The highest BCUT2D eigenvalue weighted by Gasteiger charge is 2.37. The van der Waals surface area contributed by atoms with Crippen molar-refractivity contribution >= 4 is 23.7 Å². The number of para-hydroxylation sites is 1. The third-order valence-corrected chi connectivity index (χ3v) is 10.8. The number of hydrogen-bond donors (Lipinski definition) is 1. The number of urea groups is 1. The minimum Gasteiger partial charge on any atom is -0.436 e. The largest absolute Gasteiger partial charge is 0.436 e. The van der Waals surface area contributed by atoms with Crippen LogP contribution < -0.4 is 5.32 Å². The van der Waals surface area contributed by atoms with E-state index in [1.165, 1.54) is 12.1 Å². The van der Waals surface area contributed by atoms with Gasteiger partial charge in [-0.1, -0.05) is 36.4 Å². The summed E-state index contributed by atoms with van der Waals surface area (Å²) in [5, 5.41) is 3.00. The zero-order valence-electron chi connectivity index (χ0n) is 27.6. The maximum Gasteiger partial charge on any atom is 0.416 e. The third-order valence-electron chi connectivity index (χ3n) is 10.8.